The van der Waals surface area contributed by atoms with Crippen LogP contribution in [0.2, 0.25) is 10.0 Å². The molecule has 3 aliphatic rings. The first kappa shape index (κ1) is 41.6. The predicted molar refractivity (Wildman–Crippen MR) is 191 cm³/mol. The number of ether oxygens (including phenoxy) is 1. The summed E-state index contributed by atoms with van der Waals surface area (Å²) in [5.41, 5.74) is 4.30. The van der Waals surface area contributed by atoms with Gasteiger partial charge in [0.25, 0.3) is 16.1 Å². The van der Waals surface area contributed by atoms with E-state index in [0.717, 1.165) is 30.1 Å². The molecule has 55 heavy (non-hydrogen) atoms. The maximum atomic E-state index is 14.5. The molecule has 2 aliphatic heterocycles. The van der Waals surface area contributed by atoms with E-state index in [1.54, 1.807) is 0 Å². The van der Waals surface area contributed by atoms with E-state index in [-0.39, 0.29) is 51.5 Å². The Bertz CT molecular complexity index is 2920. The Morgan fingerprint density at radius 3 is 2.24 bits per heavy atom. The molecule has 0 atom stereocenters. The van der Waals surface area contributed by atoms with Gasteiger partial charge in [0.2, 0.25) is 5.95 Å². The lowest BCUT2D eigenvalue weighted by molar-refractivity contribution is 0.284. The number of nitrogens with two attached hydrogens (primary N) is 1. The van der Waals surface area contributed by atoms with Crippen LogP contribution >= 0.6 is 23.2 Å². The smallest absolute Gasteiger partial charge is 0.397 e. The van der Waals surface area contributed by atoms with Gasteiger partial charge in [-0.2, -0.15) is 44.6 Å². The van der Waals surface area contributed by atoms with Crippen molar-refractivity contribution < 1.29 is 65.1 Å². The quantitative estimate of drug-likeness (QED) is 0.0749. The molecule has 3 aromatic rings. The lowest BCUT2D eigenvalue weighted by Gasteiger charge is -2.26. The lowest BCUT2D eigenvalue weighted by Crippen LogP contribution is -2.30. The van der Waals surface area contributed by atoms with Crippen molar-refractivity contribution in [3.8, 4) is 23.0 Å². The summed E-state index contributed by atoms with van der Waals surface area (Å²) in [6.45, 7) is -0.942. The predicted octanol–water partition coefficient (Wildman–Crippen LogP) is 2.98. The third-order valence-corrected chi connectivity index (χ3v) is 11.7. The molecule has 1 aromatic heterocycles. The van der Waals surface area contributed by atoms with E-state index in [9.17, 15) is 47.2 Å². The molecule has 0 amide bonds. The highest BCUT2D eigenvalue weighted by molar-refractivity contribution is 7.91. The first-order valence-electron chi connectivity index (χ1n) is 14.0. The summed E-state index contributed by atoms with van der Waals surface area (Å²) in [5, 5.41) is 1.45. The van der Waals surface area contributed by atoms with Crippen LogP contribution in [0.15, 0.2) is 43.5 Å². The van der Waals surface area contributed by atoms with Crippen LogP contribution < -0.4 is 26.0 Å². The fraction of sp³-hybridized carbons (Fsp3) is 0.192. The van der Waals surface area contributed by atoms with Crippen molar-refractivity contribution in [2.45, 2.75) is 17.2 Å². The molecule has 6 N–H and O–H groups in total. The van der Waals surface area contributed by atoms with E-state index in [2.05, 4.69) is 34.4 Å². The minimum atomic E-state index is -5.30. The second-order valence-electron chi connectivity index (χ2n) is 10.9. The van der Waals surface area contributed by atoms with Crippen LogP contribution in [0.4, 0.5) is 33.3 Å². The third kappa shape index (κ3) is 8.49. The van der Waals surface area contributed by atoms with Crippen LogP contribution in [0.1, 0.15) is 7.43 Å². The van der Waals surface area contributed by atoms with Gasteiger partial charge in [0.05, 0.1) is 29.1 Å². The molecule has 0 fully saturated rings. The number of sulfone groups is 1. The molecular weight excluding hydrogens is 866 g/mol. The summed E-state index contributed by atoms with van der Waals surface area (Å²) in [7, 11) is -18.2. The number of hydrogen-bond acceptors (Lipinski definition) is 19. The molecule has 0 spiro atoms. The Kier molecular flexibility index (Phi) is 11.0. The monoisotopic (exact) mass is 888 g/mol. The number of nitrogens with zero attached hydrogens (tertiary/aromatic N) is 6. The Morgan fingerprint density at radius 1 is 0.927 bits per heavy atom. The summed E-state index contributed by atoms with van der Waals surface area (Å²) in [5.74, 6) is -4.68. The lowest BCUT2D eigenvalue weighted by atomic mass is 10.1. The molecule has 0 unspecified atom stereocenters. The number of nitrogens with one attached hydrogen (secondary N) is 1. The highest BCUT2D eigenvalue weighted by Gasteiger charge is 2.34. The number of rotatable bonds is 10. The molecule has 3 heterocycles. The summed E-state index contributed by atoms with van der Waals surface area (Å²) in [4.78, 5) is 17.7. The van der Waals surface area contributed by atoms with Gasteiger partial charge in [-0.15, -0.1) is 0 Å². The molecular formula is C26H23Cl2FN8O14S4. The first-order valence-corrected chi connectivity index (χ1v) is 20.9. The zero-order valence-electron chi connectivity index (χ0n) is 26.3. The summed E-state index contributed by atoms with van der Waals surface area (Å²) in [6, 6.07) is 4.56. The van der Waals surface area contributed by atoms with Crippen LogP contribution in [0.5, 0.6) is 11.5 Å². The minimum absolute atomic E-state index is 0. The van der Waals surface area contributed by atoms with E-state index in [0.29, 0.717) is 0 Å². The second-order valence-corrected chi connectivity index (χ2v) is 17.6. The maximum absolute atomic E-state index is 14.5. The van der Waals surface area contributed by atoms with E-state index < -0.39 is 109 Å². The SMILES string of the molecule is C.CN(CS(=O)(=O)CCOS(=O)(=O)O)c1nc(F)nc(N=c2ccc3nc4c(Cl)c5c(c(Cl)c4oc-3c2S(=O)(=O)O)Nc2ccc(N)c(S(=O)(=O)O)c2O5)n1. The molecule has 2 aromatic carbocycles. The third-order valence-electron chi connectivity index (χ3n) is 7.06. The highest BCUT2D eigenvalue weighted by Crippen LogP contribution is 2.55. The van der Waals surface area contributed by atoms with Crippen LogP contribution in [0, 0.1) is 6.08 Å². The van der Waals surface area contributed by atoms with E-state index in [1.807, 2.05) is 0 Å². The molecule has 6 rings (SSSR count). The fourth-order valence-electron chi connectivity index (χ4n) is 4.94. The number of nitrogen functional groups attached to an aromatic ring is 1. The molecule has 22 nitrogen and oxygen atoms in total. The van der Waals surface area contributed by atoms with Gasteiger partial charge in [-0.3, -0.25) is 13.7 Å². The van der Waals surface area contributed by atoms with Gasteiger partial charge in [0.15, 0.2) is 42.5 Å². The van der Waals surface area contributed by atoms with Crippen LogP contribution in [-0.4, -0.2) is 92.5 Å². The maximum Gasteiger partial charge on any atom is 0.397 e. The summed E-state index contributed by atoms with van der Waals surface area (Å²) >= 11 is 13.2. The van der Waals surface area contributed by atoms with Crippen LogP contribution in [-0.2, 0) is 44.7 Å². The largest absolute Gasteiger partial charge is 0.450 e. The summed E-state index contributed by atoms with van der Waals surface area (Å²) < 4.78 is 155. The van der Waals surface area contributed by atoms with Gasteiger partial charge in [0.1, 0.15) is 32.8 Å². The number of fused-ring (bicyclic) bond motifs is 4. The molecule has 296 valence electrons. The number of anilines is 4. The van der Waals surface area contributed by atoms with Crippen LogP contribution in [0.25, 0.3) is 22.6 Å². The molecule has 0 bridgehead atoms. The van der Waals surface area contributed by atoms with Gasteiger partial charge in [0, 0.05) is 7.05 Å². The van der Waals surface area contributed by atoms with E-state index >= 15 is 0 Å². The Balaban J connectivity index is 0.00000580. The van der Waals surface area contributed by atoms with E-state index in [4.69, 9.17) is 42.6 Å². The Hall–Kier alpha value is -4.58. The second kappa shape index (κ2) is 14.5. The zero-order valence-corrected chi connectivity index (χ0v) is 31.1. The Labute approximate surface area is 319 Å². The van der Waals surface area contributed by atoms with Crippen molar-refractivity contribution in [1.82, 2.24) is 19.9 Å². The molecule has 1 aliphatic carbocycles. The minimum Gasteiger partial charge on any atom is -0.450 e. The van der Waals surface area contributed by atoms with Crippen molar-refractivity contribution in [3.05, 3.63) is 45.7 Å². The average Bonchev–Trinajstić information content (AvgIpc) is 3.03. The summed E-state index contributed by atoms with van der Waals surface area (Å²) in [6.07, 6.45) is -1.50. The van der Waals surface area contributed by atoms with Gasteiger partial charge >= 0.3 is 26.6 Å². The molecule has 0 radical (unpaired) electrons. The number of benzene rings is 3. The molecule has 29 heteroatoms. The standard InChI is InChI=1S/C25H19Cl2FN8O14S4.CH4/c1-36(8-51(37,38)7-6-48-54(45,46)47)25-34-23(28)33-24(35-25)32-12-5-4-11-18(22(12)53(42,43)44)50-20-14(27)15-19(13(26)16(20)31-11)49-17-10(30-15)3-2-9(29)21(17)52(39,40)41;/h2-5,30H,6-8,29H2,1H3,(H,39,40,41)(H,42,43,44)(H,45,46,47);1H4. The normalized spacial score (nSPS) is 13.5. The topological polar surface area (TPSA) is 334 Å². The van der Waals surface area contributed by atoms with Crippen molar-refractivity contribution in [2.75, 3.05) is 41.2 Å². The van der Waals surface area contributed by atoms with Crippen molar-refractivity contribution in [3.63, 3.8) is 0 Å². The van der Waals surface area contributed by atoms with Crippen molar-refractivity contribution in [2.24, 2.45) is 4.99 Å². The number of aromatic nitrogens is 4. The highest BCUT2D eigenvalue weighted by atomic mass is 35.5. The number of halogens is 3. The van der Waals surface area contributed by atoms with Gasteiger partial charge in [-0.25, -0.2) is 22.6 Å². The first-order chi connectivity index (χ1) is 24.9. The van der Waals surface area contributed by atoms with E-state index in [1.165, 1.54) is 6.07 Å². The van der Waals surface area contributed by atoms with Crippen molar-refractivity contribution in [1.29, 1.82) is 0 Å². The average molecular weight is 890 g/mol. The molecule has 0 saturated carbocycles. The molecule has 0 saturated heterocycles. The Morgan fingerprint density at radius 2 is 1.60 bits per heavy atom. The van der Waals surface area contributed by atoms with Crippen molar-refractivity contribution >= 4 is 104 Å². The van der Waals surface area contributed by atoms with Gasteiger partial charge < -0.3 is 25.1 Å². The fourth-order valence-corrected chi connectivity index (χ4v) is 8.55. The van der Waals surface area contributed by atoms with Gasteiger partial charge in [-0.05, 0) is 24.3 Å². The van der Waals surface area contributed by atoms with Crippen LogP contribution in [0.3, 0.4) is 0 Å². The van der Waals surface area contributed by atoms with Gasteiger partial charge in [-0.1, -0.05) is 30.6 Å². The zero-order chi connectivity index (χ0) is 39.7. The number of hydrogen-bond donors (Lipinski definition) is 5.